The second kappa shape index (κ2) is 7.74. The molecule has 0 atom stereocenters. The van der Waals surface area contributed by atoms with Crippen LogP contribution in [-0.4, -0.2) is 40.7 Å². The summed E-state index contributed by atoms with van der Waals surface area (Å²) in [5.74, 6) is 0.242. The SMILES string of the molecule is O=C(c1cccs1)N(c1ccn(-c2ccccc2)n1)C1CCC2(CC1)OCCO2. The van der Waals surface area contributed by atoms with E-state index in [4.69, 9.17) is 14.6 Å². The first kappa shape index (κ1) is 18.5. The number of amides is 1. The molecule has 0 radical (unpaired) electrons. The number of rotatable bonds is 4. The van der Waals surface area contributed by atoms with Crippen molar-refractivity contribution < 1.29 is 14.3 Å². The zero-order valence-corrected chi connectivity index (χ0v) is 16.9. The Kier molecular flexibility index (Phi) is 4.95. The number of thiophene rings is 1. The standard InChI is InChI=1S/C22H23N3O3S/c26-21(19-7-4-16-29-19)25(18-8-11-22(12-9-18)27-14-15-28-22)20-10-13-24(23-20)17-5-2-1-3-6-17/h1-7,10,13,16,18H,8-9,11-12,14-15H2. The van der Waals surface area contributed by atoms with Gasteiger partial charge in [-0.15, -0.1) is 16.4 Å². The van der Waals surface area contributed by atoms with E-state index < -0.39 is 5.79 Å². The van der Waals surface area contributed by atoms with Gasteiger partial charge in [-0.05, 0) is 36.4 Å². The van der Waals surface area contributed by atoms with Gasteiger partial charge in [0.25, 0.3) is 5.91 Å². The molecule has 2 aliphatic rings. The van der Waals surface area contributed by atoms with Gasteiger partial charge in [0.05, 0.1) is 23.8 Å². The Morgan fingerprint density at radius 3 is 2.52 bits per heavy atom. The van der Waals surface area contributed by atoms with Crippen LogP contribution >= 0.6 is 11.3 Å². The van der Waals surface area contributed by atoms with Gasteiger partial charge in [0.1, 0.15) is 0 Å². The first-order chi connectivity index (χ1) is 14.2. The van der Waals surface area contributed by atoms with Gasteiger partial charge >= 0.3 is 0 Å². The van der Waals surface area contributed by atoms with E-state index in [1.54, 1.807) is 0 Å². The van der Waals surface area contributed by atoms with Gasteiger partial charge in [-0.3, -0.25) is 9.69 Å². The average Bonchev–Trinajstić information content (AvgIpc) is 3.53. The highest BCUT2D eigenvalue weighted by Gasteiger charge is 2.43. The third-order valence-corrected chi connectivity index (χ3v) is 6.55. The molecular weight excluding hydrogens is 386 g/mol. The minimum Gasteiger partial charge on any atom is -0.348 e. The highest BCUT2D eigenvalue weighted by Crippen LogP contribution is 2.39. The number of anilines is 1. The molecule has 1 aromatic carbocycles. The molecule has 7 heteroatoms. The van der Waals surface area contributed by atoms with Gasteiger partial charge in [0.2, 0.25) is 0 Å². The Morgan fingerprint density at radius 1 is 1.07 bits per heavy atom. The molecular formula is C22H23N3O3S. The lowest BCUT2D eigenvalue weighted by Crippen LogP contribution is -2.47. The van der Waals surface area contributed by atoms with Crippen molar-refractivity contribution in [1.82, 2.24) is 9.78 Å². The third-order valence-electron chi connectivity index (χ3n) is 5.69. The summed E-state index contributed by atoms with van der Waals surface area (Å²) >= 11 is 1.46. The van der Waals surface area contributed by atoms with Crippen molar-refractivity contribution in [1.29, 1.82) is 0 Å². The van der Waals surface area contributed by atoms with Crippen LogP contribution in [0, 0.1) is 0 Å². The summed E-state index contributed by atoms with van der Waals surface area (Å²) in [6.07, 6.45) is 5.16. The molecule has 1 spiro atoms. The van der Waals surface area contributed by atoms with E-state index in [9.17, 15) is 4.79 Å². The zero-order chi connectivity index (χ0) is 19.7. The van der Waals surface area contributed by atoms with Crippen molar-refractivity contribution in [3.63, 3.8) is 0 Å². The molecule has 0 unspecified atom stereocenters. The predicted molar refractivity (Wildman–Crippen MR) is 112 cm³/mol. The first-order valence-corrected chi connectivity index (χ1v) is 10.9. The summed E-state index contributed by atoms with van der Waals surface area (Å²) in [5.41, 5.74) is 0.970. The van der Waals surface area contributed by atoms with Gasteiger partial charge < -0.3 is 9.47 Å². The number of nitrogens with zero attached hydrogens (tertiary/aromatic N) is 3. The van der Waals surface area contributed by atoms with E-state index >= 15 is 0 Å². The van der Waals surface area contributed by atoms with Crippen molar-refractivity contribution in [2.75, 3.05) is 18.1 Å². The largest absolute Gasteiger partial charge is 0.348 e. The lowest BCUT2D eigenvalue weighted by Gasteiger charge is -2.39. The number of ether oxygens (including phenoxy) is 2. The fourth-order valence-corrected chi connectivity index (χ4v) is 4.89. The monoisotopic (exact) mass is 409 g/mol. The van der Waals surface area contributed by atoms with Crippen LogP contribution in [0.1, 0.15) is 35.4 Å². The van der Waals surface area contributed by atoms with E-state index in [0.29, 0.717) is 19.0 Å². The van der Waals surface area contributed by atoms with Crippen molar-refractivity contribution in [2.24, 2.45) is 0 Å². The first-order valence-electron chi connectivity index (χ1n) is 10.0. The summed E-state index contributed by atoms with van der Waals surface area (Å²) in [4.78, 5) is 16.0. The van der Waals surface area contributed by atoms with E-state index in [0.717, 1.165) is 36.2 Å². The molecule has 2 fully saturated rings. The summed E-state index contributed by atoms with van der Waals surface area (Å²) in [5, 5.41) is 6.67. The molecule has 1 saturated carbocycles. The second-order valence-electron chi connectivity index (χ2n) is 7.45. The van der Waals surface area contributed by atoms with E-state index in [1.807, 2.05) is 69.7 Å². The molecule has 1 amide bonds. The van der Waals surface area contributed by atoms with Crippen LogP contribution in [-0.2, 0) is 9.47 Å². The summed E-state index contributed by atoms with van der Waals surface area (Å²) < 4.78 is 13.6. The summed E-state index contributed by atoms with van der Waals surface area (Å²) in [7, 11) is 0. The molecule has 5 rings (SSSR count). The van der Waals surface area contributed by atoms with Crippen LogP contribution < -0.4 is 4.90 Å². The summed E-state index contributed by atoms with van der Waals surface area (Å²) in [6.45, 7) is 1.31. The molecule has 150 valence electrons. The maximum atomic E-state index is 13.4. The van der Waals surface area contributed by atoms with Crippen LogP contribution in [0.5, 0.6) is 0 Å². The number of hydrogen-bond acceptors (Lipinski definition) is 5. The zero-order valence-electron chi connectivity index (χ0n) is 16.1. The number of aromatic nitrogens is 2. The van der Waals surface area contributed by atoms with Crippen molar-refractivity contribution in [2.45, 2.75) is 37.5 Å². The van der Waals surface area contributed by atoms with Crippen LogP contribution in [0.4, 0.5) is 5.82 Å². The molecule has 3 heterocycles. The highest BCUT2D eigenvalue weighted by molar-refractivity contribution is 7.12. The molecule has 1 aliphatic heterocycles. The second-order valence-corrected chi connectivity index (χ2v) is 8.39. The highest BCUT2D eigenvalue weighted by atomic mass is 32.1. The third kappa shape index (κ3) is 3.61. The number of carbonyl (C=O) groups excluding carboxylic acids is 1. The molecule has 0 N–H and O–H groups in total. The quantitative estimate of drug-likeness (QED) is 0.646. The maximum Gasteiger partial charge on any atom is 0.269 e. The Hall–Kier alpha value is -2.48. The van der Waals surface area contributed by atoms with E-state index in [1.165, 1.54) is 11.3 Å². The number of hydrogen-bond donors (Lipinski definition) is 0. The van der Waals surface area contributed by atoms with Crippen molar-refractivity contribution >= 4 is 23.1 Å². The van der Waals surface area contributed by atoms with Crippen LogP contribution in [0.2, 0.25) is 0 Å². The number of carbonyl (C=O) groups is 1. The predicted octanol–water partition coefficient (Wildman–Crippen LogP) is 4.27. The lowest BCUT2D eigenvalue weighted by atomic mass is 9.89. The van der Waals surface area contributed by atoms with Gasteiger partial charge in [-0.2, -0.15) is 0 Å². The van der Waals surface area contributed by atoms with Crippen LogP contribution in [0.3, 0.4) is 0 Å². The Bertz CT molecular complexity index is 954. The number of para-hydroxylation sites is 1. The Morgan fingerprint density at radius 2 is 1.83 bits per heavy atom. The molecule has 1 aliphatic carbocycles. The molecule has 0 bridgehead atoms. The molecule has 1 saturated heterocycles. The van der Waals surface area contributed by atoms with E-state index in [2.05, 4.69) is 0 Å². The Balaban J connectivity index is 1.44. The average molecular weight is 410 g/mol. The normalized spacial score (nSPS) is 18.9. The van der Waals surface area contributed by atoms with Gasteiger partial charge in [0.15, 0.2) is 11.6 Å². The molecule has 2 aromatic heterocycles. The van der Waals surface area contributed by atoms with Gasteiger partial charge in [-0.1, -0.05) is 24.3 Å². The maximum absolute atomic E-state index is 13.4. The van der Waals surface area contributed by atoms with E-state index in [-0.39, 0.29) is 11.9 Å². The molecule has 29 heavy (non-hydrogen) atoms. The minimum atomic E-state index is -0.447. The fourth-order valence-electron chi connectivity index (χ4n) is 4.23. The Labute approximate surface area is 173 Å². The fraction of sp³-hybridized carbons (Fsp3) is 0.364. The molecule has 3 aromatic rings. The lowest BCUT2D eigenvalue weighted by molar-refractivity contribution is -0.178. The van der Waals surface area contributed by atoms with Gasteiger partial charge in [-0.25, -0.2) is 4.68 Å². The van der Waals surface area contributed by atoms with Crippen molar-refractivity contribution in [3.05, 3.63) is 65.0 Å². The number of benzene rings is 1. The molecule has 6 nitrogen and oxygen atoms in total. The minimum absolute atomic E-state index is 0.00696. The summed E-state index contributed by atoms with van der Waals surface area (Å²) in [6, 6.07) is 15.7. The smallest absolute Gasteiger partial charge is 0.269 e. The van der Waals surface area contributed by atoms with Crippen LogP contribution in [0.15, 0.2) is 60.1 Å². The van der Waals surface area contributed by atoms with Gasteiger partial charge in [0, 0.05) is 31.1 Å². The van der Waals surface area contributed by atoms with Crippen molar-refractivity contribution in [3.8, 4) is 5.69 Å². The van der Waals surface area contributed by atoms with Crippen LogP contribution in [0.25, 0.3) is 5.69 Å². The topological polar surface area (TPSA) is 56.6 Å².